The molecule has 22 heavy (non-hydrogen) atoms. The van der Waals surface area contributed by atoms with Gasteiger partial charge in [0.05, 0.1) is 0 Å². The van der Waals surface area contributed by atoms with Crippen molar-refractivity contribution in [2.75, 3.05) is 10.8 Å². The first-order valence-corrected chi connectivity index (χ1v) is 8.88. The molecule has 0 N–H and O–H groups in total. The molecule has 2 heterocycles. The average Bonchev–Trinajstić information content (AvgIpc) is 2.59. The zero-order valence-electron chi connectivity index (χ0n) is 13.5. The molecule has 1 unspecified atom stereocenters. The van der Waals surface area contributed by atoms with Gasteiger partial charge in [-0.1, -0.05) is 45.2 Å². The van der Waals surface area contributed by atoms with Crippen molar-refractivity contribution in [2.45, 2.75) is 44.6 Å². The maximum absolute atomic E-state index is 4.52. The maximum atomic E-state index is 4.52. The van der Waals surface area contributed by atoms with Gasteiger partial charge in [-0.05, 0) is 36.6 Å². The maximum Gasteiger partial charge on any atom is 0.138 e. The Balaban J connectivity index is 2.11. The first-order chi connectivity index (χ1) is 10.8. The van der Waals surface area contributed by atoms with Crippen molar-refractivity contribution in [2.24, 2.45) is 5.92 Å². The van der Waals surface area contributed by atoms with Gasteiger partial charge in [0.15, 0.2) is 0 Å². The van der Waals surface area contributed by atoms with Crippen LogP contribution in [-0.4, -0.2) is 16.5 Å². The zero-order chi connectivity index (χ0) is 15.6. The SMILES string of the molecule is CCCCC(CC)CN(Sc1ccccn1)c1ccccn1. The summed E-state index contributed by atoms with van der Waals surface area (Å²) in [5.74, 6) is 1.70. The van der Waals surface area contributed by atoms with Crippen molar-refractivity contribution in [3.8, 4) is 0 Å². The van der Waals surface area contributed by atoms with E-state index in [4.69, 9.17) is 0 Å². The first-order valence-electron chi connectivity index (χ1n) is 8.11. The molecule has 0 amide bonds. The Hall–Kier alpha value is -1.55. The second-order valence-electron chi connectivity index (χ2n) is 5.42. The summed E-state index contributed by atoms with van der Waals surface area (Å²) >= 11 is 1.68. The van der Waals surface area contributed by atoms with Crippen molar-refractivity contribution in [1.29, 1.82) is 0 Å². The van der Waals surface area contributed by atoms with Crippen molar-refractivity contribution in [1.82, 2.24) is 9.97 Å². The molecule has 0 saturated carbocycles. The van der Waals surface area contributed by atoms with Crippen LogP contribution in [0.2, 0.25) is 0 Å². The second-order valence-corrected chi connectivity index (χ2v) is 6.47. The Kier molecular flexibility index (Phi) is 7.23. The molecule has 2 aromatic rings. The first kappa shape index (κ1) is 16.8. The molecule has 3 nitrogen and oxygen atoms in total. The summed E-state index contributed by atoms with van der Waals surface area (Å²) in [4.78, 5) is 8.95. The van der Waals surface area contributed by atoms with E-state index in [2.05, 4.69) is 34.2 Å². The molecule has 0 bridgehead atoms. The second kappa shape index (κ2) is 9.46. The third-order valence-electron chi connectivity index (χ3n) is 3.71. The fourth-order valence-corrected chi connectivity index (χ4v) is 3.30. The average molecular weight is 315 g/mol. The highest BCUT2D eigenvalue weighted by molar-refractivity contribution is 8.00. The molecule has 0 radical (unpaired) electrons. The van der Waals surface area contributed by atoms with Crippen LogP contribution in [0.15, 0.2) is 53.8 Å². The van der Waals surface area contributed by atoms with Gasteiger partial charge in [0, 0.05) is 30.9 Å². The lowest BCUT2D eigenvalue weighted by Crippen LogP contribution is -2.24. The highest BCUT2D eigenvalue weighted by Crippen LogP contribution is 2.28. The number of unbranched alkanes of at least 4 members (excludes halogenated alkanes) is 1. The largest absolute Gasteiger partial charge is 0.295 e. The topological polar surface area (TPSA) is 29.0 Å². The summed E-state index contributed by atoms with van der Waals surface area (Å²) in [6.07, 6.45) is 8.73. The summed E-state index contributed by atoms with van der Waals surface area (Å²) in [5.41, 5.74) is 0. The van der Waals surface area contributed by atoms with Crippen LogP contribution in [0.4, 0.5) is 5.82 Å². The van der Waals surface area contributed by atoms with Gasteiger partial charge in [-0.25, -0.2) is 9.97 Å². The van der Waals surface area contributed by atoms with Gasteiger partial charge < -0.3 is 0 Å². The quantitative estimate of drug-likeness (QED) is 0.594. The van der Waals surface area contributed by atoms with Crippen molar-refractivity contribution in [3.63, 3.8) is 0 Å². The Bertz CT molecular complexity index is 518. The van der Waals surface area contributed by atoms with Gasteiger partial charge in [0.2, 0.25) is 0 Å². The van der Waals surface area contributed by atoms with E-state index in [1.165, 1.54) is 25.7 Å². The van der Waals surface area contributed by atoms with Gasteiger partial charge in [-0.3, -0.25) is 4.31 Å². The van der Waals surface area contributed by atoms with Gasteiger partial charge in [-0.2, -0.15) is 0 Å². The van der Waals surface area contributed by atoms with E-state index in [-0.39, 0.29) is 0 Å². The van der Waals surface area contributed by atoms with Gasteiger partial charge >= 0.3 is 0 Å². The third-order valence-corrected chi connectivity index (χ3v) is 4.70. The summed E-state index contributed by atoms with van der Waals surface area (Å²) in [6, 6.07) is 12.1. The van der Waals surface area contributed by atoms with Crippen LogP contribution >= 0.6 is 11.9 Å². The summed E-state index contributed by atoms with van der Waals surface area (Å²) in [7, 11) is 0. The Morgan fingerprint density at radius 1 is 1.05 bits per heavy atom. The van der Waals surface area contributed by atoms with E-state index in [1.807, 2.05) is 42.7 Å². The molecular weight excluding hydrogens is 290 g/mol. The predicted octanol–water partition coefficient (Wildman–Crippen LogP) is 5.21. The number of aromatic nitrogens is 2. The lowest BCUT2D eigenvalue weighted by atomic mass is 9.99. The summed E-state index contributed by atoms with van der Waals surface area (Å²) in [6.45, 7) is 5.54. The molecule has 0 fully saturated rings. The minimum Gasteiger partial charge on any atom is -0.295 e. The van der Waals surface area contributed by atoms with Gasteiger partial charge in [-0.15, -0.1) is 0 Å². The predicted molar refractivity (Wildman–Crippen MR) is 95.0 cm³/mol. The molecule has 0 aliphatic heterocycles. The molecule has 118 valence electrons. The van der Waals surface area contributed by atoms with E-state index in [1.54, 1.807) is 11.9 Å². The standard InChI is InChI=1S/C18H25N3S/c1-3-5-10-16(4-2)15-21(17-11-6-8-13-19-17)22-18-12-7-9-14-20-18/h6-9,11-14,16H,3-5,10,15H2,1-2H3. The molecule has 1 atom stereocenters. The van der Waals surface area contributed by atoms with E-state index in [0.717, 1.165) is 17.4 Å². The number of hydrogen-bond acceptors (Lipinski definition) is 4. The van der Waals surface area contributed by atoms with E-state index >= 15 is 0 Å². The van der Waals surface area contributed by atoms with Crippen molar-refractivity contribution in [3.05, 3.63) is 48.8 Å². The smallest absolute Gasteiger partial charge is 0.138 e. The lowest BCUT2D eigenvalue weighted by molar-refractivity contribution is 0.463. The number of pyridine rings is 2. The molecule has 0 aromatic carbocycles. The fourth-order valence-electron chi connectivity index (χ4n) is 2.34. The van der Waals surface area contributed by atoms with Crippen molar-refractivity contribution >= 4 is 17.8 Å². The van der Waals surface area contributed by atoms with Crippen LogP contribution < -0.4 is 4.31 Å². The molecule has 0 aliphatic rings. The minimum atomic E-state index is 0.693. The molecular formula is C18H25N3S. The molecule has 0 spiro atoms. The Labute approximate surface area is 138 Å². The molecule has 2 aromatic heterocycles. The minimum absolute atomic E-state index is 0.693. The van der Waals surface area contributed by atoms with Crippen LogP contribution in [0, 0.1) is 5.92 Å². The lowest BCUT2D eigenvalue weighted by Gasteiger charge is -2.26. The number of rotatable bonds is 9. The normalized spacial score (nSPS) is 12.1. The van der Waals surface area contributed by atoms with E-state index in [0.29, 0.717) is 5.92 Å². The number of anilines is 1. The number of hydrogen-bond donors (Lipinski definition) is 0. The zero-order valence-corrected chi connectivity index (χ0v) is 14.3. The molecule has 0 aliphatic carbocycles. The van der Waals surface area contributed by atoms with Crippen LogP contribution in [0.25, 0.3) is 0 Å². The highest BCUT2D eigenvalue weighted by atomic mass is 32.2. The Morgan fingerprint density at radius 2 is 1.82 bits per heavy atom. The molecule has 4 heteroatoms. The van der Waals surface area contributed by atoms with Gasteiger partial charge in [0.25, 0.3) is 0 Å². The molecule has 0 saturated heterocycles. The fraction of sp³-hybridized carbons (Fsp3) is 0.444. The molecule has 2 rings (SSSR count). The highest BCUT2D eigenvalue weighted by Gasteiger charge is 2.16. The Morgan fingerprint density at radius 3 is 2.41 bits per heavy atom. The van der Waals surface area contributed by atoms with Crippen LogP contribution in [0.1, 0.15) is 39.5 Å². The van der Waals surface area contributed by atoms with E-state index in [9.17, 15) is 0 Å². The van der Waals surface area contributed by atoms with Crippen LogP contribution in [0.3, 0.4) is 0 Å². The summed E-state index contributed by atoms with van der Waals surface area (Å²) < 4.78 is 2.28. The monoisotopic (exact) mass is 315 g/mol. The van der Waals surface area contributed by atoms with Crippen LogP contribution in [0.5, 0.6) is 0 Å². The van der Waals surface area contributed by atoms with Crippen LogP contribution in [-0.2, 0) is 0 Å². The van der Waals surface area contributed by atoms with E-state index < -0.39 is 0 Å². The van der Waals surface area contributed by atoms with Gasteiger partial charge in [0.1, 0.15) is 10.8 Å². The summed E-state index contributed by atoms with van der Waals surface area (Å²) in [5, 5.41) is 1.01. The van der Waals surface area contributed by atoms with Crippen molar-refractivity contribution < 1.29 is 0 Å². The number of nitrogens with zero attached hydrogens (tertiary/aromatic N) is 3. The third kappa shape index (κ3) is 5.34.